The number of carboxylic acid groups (broad SMARTS) is 1. The fraction of sp³-hybridized carbons (Fsp3) is 0.412. The van der Waals surface area contributed by atoms with Crippen molar-refractivity contribution < 1.29 is 19.5 Å². The smallest absolute Gasteiger partial charge is 0.325 e. The number of carboxylic acids is 1. The lowest BCUT2D eigenvalue weighted by Gasteiger charge is -2.32. The van der Waals surface area contributed by atoms with Gasteiger partial charge in [0.15, 0.2) is 5.78 Å². The average molecular weight is 361 g/mol. The van der Waals surface area contributed by atoms with Crippen LogP contribution in [0.3, 0.4) is 0 Å². The van der Waals surface area contributed by atoms with Crippen LogP contribution in [0.15, 0.2) is 24.4 Å². The van der Waals surface area contributed by atoms with Gasteiger partial charge in [-0.2, -0.15) is 5.10 Å². The van der Waals surface area contributed by atoms with Gasteiger partial charge >= 0.3 is 5.97 Å². The summed E-state index contributed by atoms with van der Waals surface area (Å²) in [4.78, 5) is 38.0. The van der Waals surface area contributed by atoms with Crippen LogP contribution < -0.4 is 0 Å². The van der Waals surface area contributed by atoms with E-state index >= 15 is 0 Å². The highest BCUT2D eigenvalue weighted by Gasteiger charge is 2.28. The average Bonchev–Trinajstić information content (AvgIpc) is 3.23. The van der Waals surface area contributed by atoms with Crippen molar-refractivity contribution >= 4 is 29.0 Å². The number of nitrogens with zero attached hydrogens (tertiary/aromatic N) is 3. The molecule has 3 rings (SSSR count). The van der Waals surface area contributed by atoms with Gasteiger partial charge in [0.1, 0.15) is 6.54 Å². The van der Waals surface area contributed by atoms with E-state index in [1.54, 1.807) is 23.2 Å². The van der Waals surface area contributed by atoms with E-state index in [4.69, 9.17) is 5.11 Å². The molecule has 0 aliphatic carbocycles. The Labute approximate surface area is 148 Å². The number of carbonyl (C=O) groups is 3. The maximum absolute atomic E-state index is 12.7. The Morgan fingerprint density at radius 2 is 2.04 bits per heavy atom. The number of hydrogen-bond donors (Lipinski definition) is 1. The topological polar surface area (TPSA) is 92.5 Å². The third kappa shape index (κ3) is 3.79. The minimum atomic E-state index is -0.941. The molecule has 1 fully saturated rings. The Balaban J connectivity index is 1.74. The third-order valence-electron chi connectivity index (χ3n) is 4.33. The van der Waals surface area contributed by atoms with Crippen LogP contribution in [0, 0.1) is 0 Å². The van der Waals surface area contributed by atoms with Gasteiger partial charge in [-0.25, -0.2) is 0 Å². The number of amides is 1. The zero-order chi connectivity index (χ0) is 18.0. The summed E-state index contributed by atoms with van der Waals surface area (Å²) in [6, 6.07) is 5.20. The molecule has 3 heterocycles. The molecule has 1 atom stereocenters. The van der Waals surface area contributed by atoms with Gasteiger partial charge in [0.2, 0.25) is 0 Å². The summed E-state index contributed by atoms with van der Waals surface area (Å²) in [5.41, 5.74) is 0.843. The van der Waals surface area contributed by atoms with Gasteiger partial charge in [-0.1, -0.05) is 0 Å². The van der Waals surface area contributed by atoms with Crippen LogP contribution in [0.5, 0.6) is 0 Å². The van der Waals surface area contributed by atoms with Crippen molar-refractivity contribution in [3.63, 3.8) is 0 Å². The van der Waals surface area contributed by atoms with E-state index in [0.29, 0.717) is 22.8 Å². The first-order valence-electron chi connectivity index (χ1n) is 8.09. The van der Waals surface area contributed by atoms with Crippen molar-refractivity contribution in [2.45, 2.75) is 32.2 Å². The monoisotopic (exact) mass is 361 g/mol. The van der Waals surface area contributed by atoms with E-state index in [9.17, 15) is 14.4 Å². The first-order valence-corrected chi connectivity index (χ1v) is 8.91. The van der Waals surface area contributed by atoms with Crippen molar-refractivity contribution in [1.82, 2.24) is 14.7 Å². The molecule has 0 radical (unpaired) electrons. The molecule has 1 amide bonds. The molecule has 1 N–H and O–H groups in total. The predicted octanol–water partition coefficient (Wildman–Crippen LogP) is 2.25. The van der Waals surface area contributed by atoms with E-state index in [2.05, 4.69) is 5.10 Å². The molecule has 1 unspecified atom stereocenters. The van der Waals surface area contributed by atoms with Gasteiger partial charge in [0.05, 0.1) is 9.75 Å². The highest BCUT2D eigenvalue weighted by atomic mass is 32.1. The zero-order valence-electron chi connectivity index (χ0n) is 13.8. The van der Waals surface area contributed by atoms with Gasteiger partial charge in [-0.3, -0.25) is 19.1 Å². The molecule has 25 heavy (non-hydrogen) atoms. The van der Waals surface area contributed by atoms with Crippen molar-refractivity contribution in [3.8, 4) is 0 Å². The quantitative estimate of drug-likeness (QED) is 0.825. The number of aromatic nitrogens is 2. The number of hydrogen-bond acceptors (Lipinski definition) is 5. The van der Waals surface area contributed by atoms with Gasteiger partial charge in [0.25, 0.3) is 5.91 Å². The fourth-order valence-corrected chi connectivity index (χ4v) is 4.02. The lowest BCUT2D eigenvalue weighted by molar-refractivity contribution is -0.137. The lowest BCUT2D eigenvalue weighted by Crippen LogP contribution is -2.39. The normalized spacial score (nSPS) is 17.5. The summed E-state index contributed by atoms with van der Waals surface area (Å²) >= 11 is 1.22. The second-order valence-corrected chi connectivity index (χ2v) is 7.20. The number of piperidine rings is 1. The number of rotatable bonds is 5. The maximum atomic E-state index is 12.7. The van der Waals surface area contributed by atoms with Gasteiger partial charge in [-0.15, -0.1) is 11.3 Å². The van der Waals surface area contributed by atoms with Crippen molar-refractivity contribution in [2.75, 3.05) is 13.1 Å². The fourth-order valence-electron chi connectivity index (χ4n) is 3.15. The van der Waals surface area contributed by atoms with E-state index in [1.165, 1.54) is 22.9 Å². The predicted molar refractivity (Wildman–Crippen MR) is 92.1 cm³/mol. The highest BCUT2D eigenvalue weighted by Crippen LogP contribution is 2.29. The third-order valence-corrected chi connectivity index (χ3v) is 5.50. The second kappa shape index (κ2) is 7.18. The molecule has 2 aromatic heterocycles. The Hall–Kier alpha value is -2.48. The van der Waals surface area contributed by atoms with Crippen LogP contribution in [0.2, 0.25) is 0 Å². The number of Topliss-reactive ketones (excluding diaryl/α,β-unsaturated/α-hetero) is 1. The van der Waals surface area contributed by atoms with Crippen molar-refractivity contribution in [1.29, 1.82) is 0 Å². The SMILES string of the molecule is CC(=O)c1ccc(C(=O)N2CCCC(c3ccnn3CC(=O)O)C2)s1. The molecule has 132 valence electrons. The molecule has 1 saturated heterocycles. The van der Waals surface area contributed by atoms with E-state index in [0.717, 1.165) is 18.5 Å². The first kappa shape index (κ1) is 17.3. The van der Waals surface area contributed by atoms with Gasteiger partial charge in [-0.05, 0) is 38.0 Å². The zero-order valence-corrected chi connectivity index (χ0v) is 14.7. The van der Waals surface area contributed by atoms with Crippen molar-refractivity contribution in [3.05, 3.63) is 39.8 Å². The maximum Gasteiger partial charge on any atom is 0.325 e. The van der Waals surface area contributed by atoms with E-state index in [1.807, 2.05) is 6.07 Å². The molecular formula is C17H19N3O4S. The standard InChI is InChI=1S/C17H19N3O4S/c1-11(21)14-4-5-15(25-14)17(24)19-8-2-3-12(9-19)13-6-7-18-20(13)10-16(22)23/h4-7,12H,2-3,8-10H2,1H3,(H,22,23). The summed E-state index contributed by atoms with van der Waals surface area (Å²) in [5, 5.41) is 13.1. The lowest BCUT2D eigenvalue weighted by atomic mass is 9.94. The molecule has 0 saturated carbocycles. The molecular weight excluding hydrogens is 342 g/mol. The molecule has 8 heteroatoms. The Morgan fingerprint density at radius 1 is 1.28 bits per heavy atom. The molecule has 1 aliphatic heterocycles. The summed E-state index contributed by atoms with van der Waals surface area (Å²) < 4.78 is 1.49. The van der Waals surface area contributed by atoms with Crippen LogP contribution in [0.4, 0.5) is 0 Å². The number of likely N-dealkylation sites (tertiary alicyclic amines) is 1. The molecule has 0 bridgehead atoms. The van der Waals surface area contributed by atoms with Gasteiger partial charge < -0.3 is 10.0 Å². The van der Waals surface area contributed by atoms with Crippen LogP contribution >= 0.6 is 11.3 Å². The Kier molecular flexibility index (Phi) is 4.98. The van der Waals surface area contributed by atoms with E-state index < -0.39 is 5.97 Å². The summed E-state index contributed by atoms with van der Waals surface area (Å²) in [7, 11) is 0. The van der Waals surface area contributed by atoms with Crippen molar-refractivity contribution in [2.24, 2.45) is 0 Å². The largest absolute Gasteiger partial charge is 0.480 e. The molecule has 7 nitrogen and oxygen atoms in total. The van der Waals surface area contributed by atoms with Crippen LogP contribution in [0.1, 0.15) is 50.7 Å². The summed E-state index contributed by atoms with van der Waals surface area (Å²) in [6.45, 7) is 2.49. The summed E-state index contributed by atoms with van der Waals surface area (Å²) in [6.07, 6.45) is 3.33. The van der Waals surface area contributed by atoms with Crippen LogP contribution in [0.25, 0.3) is 0 Å². The number of thiophene rings is 1. The molecule has 2 aromatic rings. The minimum Gasteiger partial charge on any atom is -0.480 e. The highest BCUT2D eigenvalue weighted by molar-refractivity contribution is 7.15. The molecule has 0 spiro atoms. The number of aliphatic carboxylic acids is 1. The molecule has 0 aromatic carbocycles. The van der Waals surface area contributed by atoms with Gasteiger partial charge in [0, 0.05) is 30.9 Å². The number of ketones is 1. The Bertz CT molecular complexity index is 810. The minimum absolute atomic E-state index is 0.0434. The van der Waals surface area contributed by atoms with Crippen LogP contribution in [-0.4, -0.2) is 50.5 Å². The van der Waals surface area contributed by atoms with E-state index in [-0.39, 0.29) is 24.2 Å². The first-order chi connectivity index (χ1) is 12.0. The Morgan fingerprint density at radius 3 is 2.72 bits per heavy atom. The van der Waals surface area contributed by atoms with Crippen LogP contribution in [-0.2, 0) is 11.3 Å². The number of carbonyl (C=O) groups excluding carboxylic acids is 2. The molecule has 1 aliphatic rings. The summed E-state index contributed by atoms with van der Waals surface area (Å²) in [5.74, 6) is -1.000. The second-order valence-electron chi connectivity index (χ2n) is 6.12.